The van der Waals surface area contributed by atoms with Crippen molar-refractivity contribution in [2.45, 2.75) is 24.5 Å². The van der Waals surface area contributed by atoms with Crippen molar-refractivity contribution in [2.24, 2.45) is 0 Å². The molecule has 0 spiro atoms. The number of rotatable bonds is 4. The lowest BCUT2D eigenvalue weighted by Crippen LogP contribution is -2.20. The van der Waals surface area contributed by atoms with Gasteiger partial charge in [-0.25, -0.2) is 4.39 Å². The van der Waals surface area contributed by atoms with Crippen LogP contribution in [0.5, 0.6) is 0 Å². The maximum absolute atomic E-state index is 13.5. The molecule has 1 aromatic carbocycles. The minimum atomic E-state index is -0.499. The van der Waals surface area contributed by atoms with Crippen LogP contribution in [0.3, 0.4) is 0 Å². The summed E-state index contributed by atoms with van der Waals surface area (Å²) < 4.78 is 13.6. The van der Waals surface area contributed by atoms with Gasteiger partial charge in [-0.2, -0.15) is 11.8 Å². The van der Waals surface area contributed by atoms with Gasteiger partial charge in [-0.1, -0.05) is 6.42 Å². The number of hydrogen-bond donors (Lipinski definition) is 1. The minimum Gasteiger partial charge on any atom is -0.378 e. The van der Waals surface area contributed by atoms with Gasteiger partial charge in [0.25, 0.3) is 5.69 Å². The standard InChI is InChI=1S/C12H14BrFN2O2S/c13-9-5-12(16(17)18)11(6-10(9)14)15-7-8-3-1-2-4-19-8/h5-6,8,15H,1-4,7H2. The maximum Gasteiger partial charge on any atom is 0.293 e. The lowest BCUT2D eigenvalue weighted by atomic mass is 10.2. The minimum absolute atomic E-state index is 0.103. The molecule has 0 bridgehead atoms. The first kappa shape index (κ1) is 14.6. The summed E-state index contributed by atoms with van der Waals surface area (Å²) in [6.07, 6.45) is 3.52. The molecule has 0 amide bonds. The average molecular weight is 349 g/mol. The molecule has 1 saturated heterocycles. The number of nitro benzene ring substituents is 1. The van der Waals surface area contributed by atoms with Gasteiger partial charge in [0.1, 0.15) is 11.5 Å². The van der Waals surface area contributed by atoms with Crippen LogP contribution in [0.2, 0.25) is 0 Å². The predicted molar refractivity (Wildman–Crippen MR) is 79.3 cm³/mol. The van der Waals surface area contributed by atoms with Crippen molar-refractivity contribution in [1.82, 2.24) is 0 Å². The van der Waals surface area contributed by atoms with Gasteiger partial charge in [-0.15, -0.1) is 0 Å². The molecule has 1 fully saturated rings. The Balaban J connectivity index is 2.09. The van der Waals surface area contributed by atoms with Crippen LogP contribution in [-0.4, -0.2) is 22.5 Å². The Labute approximate surface area is 123 Å². The van der Waals surface area contributed by atoms with Crippen LogP contribution in [0.4, 0.5) is 15.8 Å². The number of halogens is 2. The van der Waals surface area contributed by atoms with Crippen LogP contribution in [0.1, 0.15) is 19.3 Å². The SMILES string of the molecule is O=[N+]([O-])c1cc(Br)c(F)cc1NCC1CCCCS1. The number of nitro groups is 1. The molecule has 1 aliphatic heterocycles. The van der Waals surface area contributed by atoms with Crippen molar-refractivity contribution in [3.63, 3.8) is 0 Å². The van der Waals surface area contributed by atoms with Gasteiger partial charge in [-0.3, -0.25) is 10.1 Å². The van der Waals surface area contributed by atoms with Crippen LogP contribution in [0.25, 0.3) is 0 Å². The molecule has 7 heteroatoms. The van der Waals surface area contributed by atoms with Crippen molar-refractivity contribution in [1.29, 1.82) is 0 Å². The lowest BCUT2D eigenvalue weighted by Gasteiger charge is -2.21. The molecule has 0 saturated carbocycles. The highest BCUT2D eigenvalue weighted by molar-refractivity contribution is 9.10. The molecule has 2 rings (SSSR count). The van der Waals surface area contributed by atoms with E-state index in [1.165, 1.54) is 25.0 Å². The molecule has 4 nitrogen and oxygen atoms in total. The van der Waals surface area contributed by atoms with E-state index in [0.717, 1.165) is 12.2 Å². The van der Waals surface area contributed by atoms with E-state index in [9.17, 15) is 14.5 Å². The molecule has 1 heterocycles. The molecule has 1 aromatic rings. The highest BCUT2D eigenvalue weighted by Crippen LogP contribution is 2.32. The van der Waals surface area contributed by atoms with Crippen LogP contribution in [0.15, 0.2) is 16.6 Å². The molecule has 0 aromatic heterocycles. The second-order valence-corrected chi connectivity index (χ2v) is 6.67. The second kappa shape index (κ2) is 6.56. The average Bonchev–Trinajstić information content (AvgIpc) is 2.40. The van der Waals surface area contributed by atoms with E-state index in [2.05, 4.69) is 21.2 Å². The van der Waals surface area contributed by atoms with Gasteiger partial charge in [0.15, 0.2) is 0 Å². The third-order valence-electron chi connectivity index (χ3n) is 3.03. The number of anilines is 1. The van der Waals surface area contributed by atoms with E-state index in [1.807, 2.05) is 11.8 Å². The molecule has 1 atom stereocenters. The number of thioether (sulfide) groups is 1. The van der Waals surface area contributed by atoms with Crippen LogP contribution in [0, 0.1) is 15.9 Å². The largest absolute Gasteiger partial charge is 0.378 e. The fraction of sp³-hybridized carbons (Fsp3) is 0.500. The fourth-order valence-electron chi connectivity index (χ4n) is 2.02. The molecule has 1 N–H and O–H groups in total. The Hall–Kier alpha value is -0.820. The third kappa shape index (κ3) is 3.82. The molecule has 1 aliphatic rings. The van der Waals surface area contributed by atoms with Gasteiger partial charge in [-0.05, 0) is 34.5 Å². The van der Waals surface area contributed by atoms with Gasteiger partial charge >= 0.3 is 0 Å². The van der Waals surface area contributed by atoms with Gasteiger partial charge in [0, 0.05) is 23.9 Å². The Bertz CT molecular complexity index is 481. The summed E-state index contributed by atoms with van der Waals surface area (Å²) in [7, 11) is 0. The maximum atomic E-state index is 13.5. The Morgan fingerprint density at radius 1 is 1.53 bits per heavy atom. The van der Waals surface area contributed by atoms with E-state index >= 15 is 0 Å². The summed E-state index contributed by atoms with van der Waals surface area (Å²) in [5, 5.41) is 14.4. The zero-order valence-corrected chi connectivity index (χ0v) is 12.6. The summed E-state index contributed by atoms with van der Waals surface area (Å²) >= 11 is 4.83. The Morgan fingerprint density at radius 3 is 2.95 bits per heavy atom. The third-order valence-corrected chi connectivity index (χ3v) is 5.04. The number of benzene rings is 1. The number of hydrogen-bond acceptors (Lipinski definition) is 4. The number of nitrogens with zero attached hydrogens (tertiary/aromatic N) is 1. The Morgan fingerprint density at radius 2 is 2.32 bits per heavy atom. The topological polar surface area (TPSA) is 55.2 Å². The van der Waals surface area contributed by atoms with Crippen molar-refractivity contribution in [3.8, 4) is 0 Å². The van der Waals surface area contributed by atoms with Crippen molar-refractivity contribution in [2.75, 3.05) is 17.6 Å². The highest BCUT2D eigenvalue weighted by Gasteiger charge is 2.19. The zero-order chi connectivity index (χ0) is 13.8. The molecular formula is C12H14BrFN2O2S. The lowest BCUT2D eigenvalue weighted by molar-refractivity contribution is -0.384. The van der Waals surface area contributed by atoms with Gasteiger partial charge in [0.05, 0.1) is 9.40 Å². The smallest absolute Gasteiger partial charge is 0.293 e. The van der Waals surface area contributed by atoms with Gasteiger partial charge in [0.2, 0.25) is 0 Å². The monoisotopic (exact) mass is 348 g/mol. The molecule has 104 valence electrons. The molecule has 19 heavy (non-hydrogen) atoms. The predicted octanol–water partition coefficient (Wildman–Crippen LogP) is 4.19. The second-order valence-electron chi connectivity index (χ2n) is 4.41. The van der Waals surface area contributed by atoms with Crippen LogP contribution in [-0.2, 0) is 0 Å². The number of nitrogens with one attached hydrogen (secondary N) is 1. The first-order chi connectivity index (χ1) is 9.08. The normalized spacial score (nSPS) is 19.2. The first-order valence-electron chi connectivity index (χ1n) is 6.07. The van der Waals surface area contributed by atoms with Crippen LogP contribution < -0.4 is 5.32 Å². The van der Waals surface area contributed by atoms with Crippen molar-refractivity contribution in [3.05, 3.63) is 32.5 Å². The summed E-state index contributed by atoms with van der Waals surface area (Å²) in [6.45, 7) is 0.632. The Kier molecular flexibility index (Phi) is 5.04. The zero-order valence-electron chi connectivity index (χ0n) is 10.2. The van der Waals surface area contributed by atoms with E-state index in [1.54, 1.807) is 0 Å². The van der Waals surface area contributed by atoms with Gasteiger partial charge < -0.3 is 5.32 Å². The summed E-state index contributed by atoms with van der Waals surface area (Å²) in [6, 6.07) is 2.38. The highest BCUT2D eigenvalue weighted by atomic mass is 79.9. The van der Waals surface area contributed by atoms with Crippen molar-refractivity contribution >= 4 is 39.1 Å². The van der Waals surface area contributed by atoms with E-state index in [-0.39, 0.29) is 15.8 Å². The van der Waals surface area contributed by atoms with E-state index < -0.39 is 10.7 Å². The summed E-state index contributed by atoms with van der Waals surface area (Å²) in [4.78, 5) is 10.5. The molecule has 1 unspecified atom stereocenters. The molecule has 0 aliphatic carbocycles. The van der Waals surface area contributed by atoms with E-state index in [0.29, 0.717) is 11.8 Å². The van der Waals surface area contributed by atoms with Crippen molar-refractivity contribution < 1.29 is 9.31 Å². The van der Waals surface area contributed by atoms with E-state index in [4.69, 9.17) is 0 Å². The molecular weight excluding hydrogens is 335 g/mol. The van der Waals surface area contributed by atoms with Crippen LogP contribution >= 0.6 is 27.7 Å². The summed E-state index contributed by atoms with van der Waals surface area (Å²) in [5.41, 5.74) is 0.144. The quantitative estimate of drug-likeness (QED) is 0.654. The molecule has 0 radical (unpaired) electrons. The fourth-order valence-corrected chi connectivity index (χ4v) is 3.59. The first-order valence-corrected chi connectivity index (χ1v) is 7.91. The summed E-state index contributed by atoms with van der Waals surface area (Å²) in [5.74, 6) is 0.632.